The number of aromatic nitrogens is 1. The van der Waals surface area contributed by atoms with Gasteiger partial charge in [-0.15, -0.1) is 24.0 Å². The maximum atomic E-state index is 11.7. The molecular weight excluding hydrogens is 278 g/mol. The minimum Gasteiger partial charge on any atom is -0.465 e. The number of aryl methyl sites for hydroxylation is 2. The van der Waals surface area contributed by atoms with Gasteiger partial charge in [0.25, 0.3) is 0 Å². The van der Waals surface area contributed by atoms with Crippen LogP contribution < -0.4 is 4.57 Å². The SMILES string of the molecule is COC(=O)c1sc(S)c(-[n+]2cc(C)cc(C)c2)c1C. The first-order valence-electron chi connectivity index (χ1n) is 5.84. The number of carbonyl (C=O) groups is 1. The van der Waals surface area contributed by atoms with Crippen LogP contribution in [0.15, 0.2) is 22.7 Å². The lowest BCUT2D eigenvalue weighted by atomic mass is 10.2. The average Bonchev–Trinajstić information content (AvgIpc) is 2.62. The summed E-state index contributed by atoms with van der Waals surface area (Å²) < 4.78 is 7.63. The zero-order chi connectivity index (χ0) is 14.2. The molecule has 0 unspecified atom stereocenters. The van der Waals surface area contributed by atoms with Crippen molar-refractivity contribution >= 4 is 29.9 Å². The highest BCUT2D eigenvalue weighted by Gasteiger charge is 2.25. The minimum atomic E-state index is -0.311. The second-order valence-electron chi connectivity index (χ2n) is 4.50. The monoisotopic (exact) mass is 294 g/mol. The Morgan fingerprint density at radius 3 is 2.37 bits per heavy atom. The highest BCUT2D eigenvalue weighted by Crippen LogP contribution is 2.31. The fourth-order valence-electron chi connectivity index (χ4n) is 2.12. The Labute approximate surface area is 122 Å². The molecule has 0 N–H and O–H groups in total. The molecule has 0 aliphatic carbocycles. The Hall–Kier alpha value is -1.33. The predicted octanol–water partition coefficient (Wildman–Crippen LogP) is 3.03. The van der Waals surface area contributed by atoms with Gasteiger partial charge in [0.1, 0.15) is 9.09 Å². The van der Waals surface area contributed by atoms with Crippen LogP contribution in [-0.4, -0.2) is 13.1 Å². The Morgan fingerprint density at radius 2 is 1.84 bits per heavy atom. The lowest BCUT2D eigenvalue weighted by molar-refractivity contribution is -0.598. The third-order valence-electron chi connectivity index (χ3n) is 2.87. The Bertz CT molecular complexity index is 627. The van der Waals surface area contributed by atoms with Gasteiger partial charge in [0.05, 0.1) is 7.11 Å². The maximum Gasteiger partial charge on any atom is 0.348 e. The standard InChI is InChI=1S/C14H15NO2S2/c1-8-5-9(2)7-15(6-8)11-10(3)12(13(16)17-4)19-14(11)18/h5-7H,1-4H3/p+1. The van der Waals surface area contributed by atoms with Crippen LogP contribution in [0.25, 0.3) is 5.69 Å². The van der Waals surface area contributed by atoms with Crippen LogP contribution in [0, 0.1) is 20.8 Å². The summed E-state index contributed by atoms with van der Waals surface area (Å²) in [6, 6.07) is 2.11. The average molecular weight is 294 g/mol. The van der Waals surface area contributed by atoms with Crippen molar-refractivity contribution in [3.63, 3.8) is 0 Å². The second kappa shape index (κ2) is 5.35. The third kappa shape index (κ3) is 2.67. The molecule has 2 rings (SSSR count). The van der Waals surface area contributed by atoms with Crippen molar-refractivity contribution in [3.05, 3.63) is 40.0 Å². The summed E-state index contributed by atoms with van der Waals surface area (Å²) in [6.07, 6.45) is 4.06. The van der Waals surface area contributed by atoms with E-state index >= 15 is 0 Å². The molecule has 0 atom stereocenters. The zero-order valence-electron chi connectivity index (χ0n) is 11.4. The number of pyridine rings is 1. The number of thiophene rings is 1. The third-order valence-corrected chi connectivity index (χ3v) is 4.42. The smallest absolute Gasteiger partial charge is 0.348 e. The van der Waals surface area contributed by atoms with Crippen molar-refractivity contribution in [1.29, 1.82) is 0 Å². The van der Waals surface area contributed by atoms with E-state index in [1.807, 2.05) is 37.7 Å². The molecule has 19 heavy (non-hydrogen) atoms. The highest BCUT2D eigenvalue weighted by molar-refractivity contribution is 7.83. The Kier molecular flexibility index (Phi) is 3.96. The molecule has 0 aliphatic heterocycles. The molecular formula is C14H16NO2S2+. The largest absolute Gasteiger partial charge is 0.465 e. The van der Waals surface area contributed by atoms with E-state index in [9.17, 15) is 4.79 Å². The number of hydrogen-bond donors (Lipinski definition) is 1. The first-order chi connectivity index (χ1) is 8.93. The molecule has 0 bridgehead atoms. The first kappa shape index (κ1) is 14.1. The summed E-state index contributed by atoms with van der Waals surface area (Å²) in [5.74, 6) is -0.311. The van der Waals surface area contributed by atoms with Gasteiger partial charge in [-0.1, -0.05) is 0 Å². The van der Waals surface area contributed by atoms with Crippen LogP contribution in [-0.2, 0) is 4.74 Å². The molecule has 0 spiro atoms. The summed E-state index contributed by atoms with van der Waals surface area (Å²) in [7, 11) is 1.39. The van der Waals surface area contributed by atoms with E-state index in [1.165, 1.54) is 18.4 Å². The van der Waals surface area contributed by atoms with E-state index in [0.29, 0.717) is 4.88 Å². The van der Waals surface area contributed by atoms with E-state index in [2.05, 4.69) is 18.7 Å². The van der Waals surface area contributed by atoms with Gasteiger partial charge in [0, 0.05) is 16.7 Å². The Balaban J connectivity index is 2.62. The predicted molar refractivity (Wildman–Crippen MR) is 78.7 cm³/mol. The van der Waals surface area contributed by atoms with E-state index < -0.39 is 0 Å². The van der Waals surface area contributed by atoms with E-state index in [-0.39, 0.29) is 5.97 Å². The van der Waals surface area contributed by atoms with E-state index in [0.717, 1.165) is 26.6 Å². The van der Waals surface area contributed by atoms with Crippen LogP contribution in [0.5, 0.6) is 0 Å². The van der Waals surface area contributed by atoms with Gasteiger partial charge in [0.15, 0.2) is 12.4 Å². The van der Waals surface area contributed by atoms with E-state index in [1.54, 1.807) is 0 Å². The van der Waals surface area contributed by atoms with Crippen molar-refractivity contribution in [1.82, 2.24) is 0 Å². The summed E-state index contributed by atoms with van der Waals surface area (Å²) in [6.45, 7) is 6.01. The lowest BCUT2D eigenvalue weighted by Crippen LogP contribution is -2.31. The summed E-state index contributed by atoms with van der Waals surface area (Å²) in [5, 5.41) is 0. The van der Waals surface area contributed by atoms with Crippen LogP contribution in [0.1, 0.15) is 26.4 Å². The molecule has 0 amide bonds. The molecule has 2 aromatic heterocycles. The quantitative estimate of drug-likeness (QED) is 0.524. The maximum absolute atomic E-state index is 11.7. The minimum absolute atomic E-state index is 0.311. The zero-order valence-corrected chi connectivity index (χ0v) is 13.1. The molecule has 2 aromatic rings. The van der Waals surface area contributed by atoms with Crippen molar-refractivity contribution in [2.24, 2.45) is 0 Å². The number of methoxy groups -OCH3 is 1. The van der Waals surface area contributed by atoms with Gasteiger partial charge >= 0.3 is 5.97 Å². The van der Waals surface area contributed by atoms with E-state index in [4.69, 9.17) is 4.74 Å². The Morgan fingerprint density at radius 1 is 1.26 bits per heavy atom. The number of rotatable bonds is 2. The number of carbonyl (C=O) groups excluding carboxylic acids is 1. The lowest BCUT2D eigenvalue weighted by Gasteiger charge is -2.00. The molecule has 0 aromatic carbocycles. The second-order valence-corrected chi connectivity index (χ2v) is 6.27. The molecule has 0 saturated heterocycles. The van der Waals surface area contributed by atoms with Crippen LogP contribution in [0.3, 0.4) is 0 Å². The number of thiol groups is 1. The highest BCUT2D eigenvalue weighted by atomic mass is 32.2. The fraction of sp³-hybridized carbons (Fsp3) is 0.286. The summed E-state index contributed by atoms with van der Waals surface area (Å²) in [5.41, 5.74) is 4.17. The summed E-state index contributed by atoms with van der Waals surface area (Å²) >= 11 is 5.84. The van der Waals surface area contributed by atoms with Crippen LogP contribution in [0.2, 0.25) is 0 Å². The molecule has 0 radical (unpaired) electrons. The van der Waals surface area contributed by atoms with Crippen molar-refractivity contribution in [2.45, 2.75) is 25.0 Å². The number of esters is 1. The normalized spacial score (nSPS) is 10.6. The number of ether oxygens (including phenoxy) is 1. The van der Waals surface area contributed by atoms with Crippen LogP contribution in [0.4, 0.5) is 0 Å². The molecule has 0 saturated carbocycles. The molecule has 5 heteroatoms. The van der Waals surface area contributed by atoms with Crippen molar-refractivity contribution in [3.8, 4) is 5.69 Å². The van der Waals surface area contributed by atoms with Gasteiger partial charge in [-0.05, 0) is 26.8 Å². The van der Waals surface area contributed by atoms with Gasteiger partial charge in [-0.3, -0.25) is 0 Å². The molecule has 2 heterocycles. The van der Waals surface area contributed by atoms with Gasteiger partial charge in [0.2, 0.25) is 5.69 Å². The number of nitrogens with zero attached hydrogens (tertiary/aromatic N) is 1. The molecule has 100 valence electrons. The van der Waals surface area contributed by atoms with Crippen LogP contribution >= 0.6 is 24.0 Å². The van der Waals surface area contributed by atoms with Crippen molar-refractivity contribution in [2.75, 3.05) is 7.11 Å². The molecule has 3 nitrogen and oxygen atoms in total. The van der Waals surface area contributed by atoms with Gasteiger partial charge in [-0.2, -0.15) is 4.57 Å². The fourth-order valence-corrected chi connectivity index (χ4v) is 3.64. The molecule has 0 fully saturated rings. The van der Waals surface area contributed by atoms with Gasteiger partial charge in [-0.25, -0.2) is 4.79 Å². The summed E-state index contributed by atoms with van der Waals surface area (Å²) in [4.78, 5) is 12.3. The first-order valence-corrected chi connectivity index (χ1v) is 7.11. The topological polar surface area (TPSA) is 30.2 Å². The number of hydrogen-bond acceptors (Lipinski definition) is 4. The van der Waals surface area contributed by atoms with Crippen molar-refractivity contribution < 1.29 is 14.1 Å². The van der Waals surface area contributed by atoms with Gasteiger partial charge < -0.3 is 4.74 Å². The molecule has 0 aliphatic rings.